The molecule has 0 aliphatic heterocycles. The van der Waals surface area contributed by atoms with E-state index in [-0.39, 0.29) is 12.7 Å². The van der Waals surface area contributed by atoms with Crippen LogP contribution < -0.4 is 4.74 Å². The fourth-order valence-corrected chi connectivity index (χ4v) is 1.54. The first-order valence-electron chi connectivity index (χ1n) is 6.48. The van der Waals surface area contributed by atoms with Gasteiger partial charge in [-0.3, -0.25) is 0 Å². The molecule has 1 atom stereocenters. The van der Waals surface area contributed by atoms with Crippen LogP contribution in [-0.4, -0.2) is 23.8 Å². The van der Waals surface area contributed by atoms with E-state index in [1.54, 1.807) is 37.3 Å². The van der Waals surface area contributed by atoms with E-state index < -0.39 is 5.97 Å². The smallest absolute Gasteiger partial charge is 0.330 e. The summed E-state index contributed by atoms with van der Waals surface area (Å²) in [6.45, 7) is 7.47. The normalized spacial score (nSPS) is 12.2. The number of ether oxygens (including phenoxy) is 2. The first kappa shape index (κ1) is 16.0. The Morgan fingerprint density at radius 1 is 1.50 bits per heavy atom. The van der Waals surface area contributed by atoms with E-state index >= 15 is 0 Å². The summed E-state index contributed by atoms with van der Waals surface area (Å²) >= 11 is 0. The molecule has 0 heterocycles. The molecule has 0 radical (unpaired) electrons. The zero-order valence-corrected chi connectivity index (χ0v) is 11.8. The molecule has 4 heteroatoms. The van der Waals surface area contributed by atoms with Gasteiger partial charge in [0.1, 0.15) is 11.9 Å². The number of aliphatic hydroxyl groups excluding tert-OH is 1. The first-order chi connectivity index (χ1) is 9.60. The minimum absolute atomic E-state index is 0.138. The third-order valence-corrected chi connectivity index (χ3v) is 2.60. The van der Waals surface area contributed by atoms with Gasteiger partial charge in [-0.1, -0.05) is 18.7 Å². The van der Waals surface area contributed by atoms with Gasteiger partial charge >= 0.3 is 5.97 Å². The number of hydrogen-bond donors (Lipinski definition) is 1. The Bertz CT molecular complexity index is 491. The van der Waals surface area contributed by atoms with Crippen molar-refractivity contribution >= 4 is 12.0 Å². The zero-order chi connectivity index (χ0) is 15.0. The monoisotopic (exact) mass is 276 g/mol. The molecule has 108 valence electrons. The maximum atomic E-state index is 11.2. The summed E-state index contributed by atoms with van der Waals surface area (Å²) in [5, 5.41) is 9.37. The number of carbonyl (C=O) groups excluding carboxylic acids is 1. The van der Waals surface area contributed by atoms with E-state index in [9.17, 15) is 9.90 Å². The summed E-state index contributed by atoms with van der Waals surface area (Å²) in [5.41, 5.74) is 1.45. The van der Waals surface area contributed by atoms with E-state index in [1.807, 2.05) is 6.92 Å². The number of benzene rings is 1. The molecule has 1 N–H and O–H groups in total. The maximum Gasteiger partial charge on any atom is 0.330 e. The highest BCUT2D eigenvalue weighted by Crippen LogP contribution is 2.22. The highest BCUT2D eigenvalue weighted by atomic mass is 16.5. The number of rotatable bonds is 7. The van der Waals surface area contributed by atoms with Crippen LogP contribution in [0.15, 0.2) is 36.9 Å². The molecule has 0 fully saturated rings. The van der Waals surface area contributed by atoms with Crippen molar-refractivity contribution in [1.82, 2.24) is 0 Å². The molecule has 20 heavy (non-hydrogen) atoms. The second-order valence-electron chi connectivity index (χ2n) is 4.17. The predicted octanol–water partition coefficient (Wildman–Crippen LogP) is 2.71. The minimum Gasteiger partial charge on any atom is -0.486 e. The molecule has 4 nitrogen and oxygen atoms in total. The summed E-state index contributed by atoms with van der Waals surface area (Å²) in [4.78, 5) is 11.2. The lowest BCUT2D eigenvalue weighted by atomic mass is 10.1. The van der Waals surface area contributed by atoms with Gasteiger partial charge in [-0.25, -0.2) is 4.79 Å². The zero-order valence-electron chi connectivity index (χ0n) is 11.8. The molecule has 0 aliphatic carbocycles. The Morgan fingerprint density at radius 2 is 2.25 bits per heavy atom. The molecule has 1 rings (SSSR count). The molecular weight excluding hydrogens is 256 g/mol. The van der Waals surface area contributed by atoms with Crippen LogP contribution in [0.1, 0.15) is 25.0 Å². The maximum absolute atomic E-state index is 11.2. The third kappa shape index (κ3) is 4.90. The van der Waals surface area contributed by atoms with Crippen LogP contribution in [0, 0.1) is 0 Å². The lowest BCUT2D eigenvalue weighted by Gasteiger charge is -2.14. The Labute approximate surface area is 119 Å². The van der Waals surface area contributed by atoms with Crippen molar-refractivity contribution in [2.45, 2.75) is 26.6 Å². The number of aliphatic hydroxyl groups is 1. The summed E-state index contributed by atoms with van der Waals surface area (Å²) < 4.78 is 10.4. The molecule has 0 saturated heterocycles. The summed E-state index contributed by atoms with van der Waals surface area (Å²) in [7, 11) is 0. The lowest BCUT2D eigenvalue weighted by molar-refractivity contribution is -0.137. The van der Waals surface area contributed by atoms with Gasteiger partial charge in [0.25, 0.3) is 0 Å². The van der Waals surface area contributed by atoms with Crippen LogP contribution in [0.4, 0.5) is 0 Å². The Morgan fingerprint density at radius 3 is 2.85 bits per heavy atom. The van der Waals surface area contributed by atoms with E-state index in [2.05, 4.69) is 6.58 Å². The van der Waals surface area contributed by atoms with Crippen LogP contribution in [0.5, 0.6) is 5.75 Å². The molecule has 0 bridgehead atoms. The Balaban J connectivity index is 2.86. The van der Waals surface area contributed by atoms with E-state index in [1.165, 1.54) is 6.08 Å². The van der Waals surface area contributed by atoms with Gasteiger partial charge in [-0.15, -0.1) is 0 Å². The fourth-order valence-electron chi connectivity index (χ4n) is 1.54. The van der Waals surface area contributed by atoms with Gasteiger partial charge < -0.3 is 14.6 Å². The number of carbonyl (C=O) groups is 1. The topological polar surface area (TPSA) is 55.8 Å². The predicted molar refractivity (Wildman–Crippen MR) is 78.3 cm³/mol. The molecule has 0 aromatic heterocycles. The van der Waals surface area contributed by atoms with Crippen molar-refractivity contribution in [3.05, 3.63) is 48.1 Å². The molecule has 1 unspecified atom stereocenters. The van der Waals surface area contributed by atoms with Crippen molar-refractivity contribution in [2.24, 2.45) is 0 Å². The molecular formula is C16H20O4. The minimum atomic E-state index is -0.390. The average Bonchev–Trinajstić information content (AvgIpc) is 2.46. The van der Waals surface area contributed by atoms with Gasteiger partial charge in [0.2, 0.25) is 0 Å². The highest BCUT2D eigenvalue weighted by molar-refractivity contribution is 5.87. The van der Waals surface area contributed by atoms with Crippen LogP contribution in [0.3, 0.4) is 0 Å². The van der Waals surface area contributed by atoms with Gasteiger partial charge in [-0.2, -0.15) is 0 Å². The van der Waals surface area contributed by atoms with Crippen molar-refractivity contribution in [3.63, 3.8) is 0 Å². The highest BCUT2D eigenvalue weighted by Gasteiger charge is 2.06. The van der Waals surface area contributed by atoms with Crippen molar-refractivity contribution < 1.29 is 19.4 Å². The molecule has 1 aromatic rings. The Hall–Kier alpha value is -2.07. The van der Waals surface area contributed by atoms with Gasteiger partial charge in [0.15, 0.2) is 0 Å². The number of esters is 1. The second kappa shape index (κ2) is 8.17. The molecule has 0 amide bonds. The van der Waals surface area contributed by atoms with Gasteiger partial charge in [-0.05, 0) is 37.6 Å². The lowest BCUT2D eigenvalue weighted by Crippen LogP contribution is -2.09. The molecule has 0 aliphatic rings. The standard InChI is InChI=1S/C16H20O4/c1-4-12(3)20-15-8-6-13(10-14(15)11-17)7-9-16(18)19-5-2/h4,6-10,12,17H,1,5,11H2,2-3H3/b9-7+. The number of hydrogen-bond acceptors (Lipinski definition) is 4. The first-order valence-corrected chi connectivity index (χ1v) is 6.48. The van der Waals surface area contributed by atoms with E-state index in [4.69, 9.17) is 9.47 Å². The average molecular weight is 276 g/mol. The SMILES string of the molecule is C=CC(C)Oc1ccc(/C=C/C(=O)OCC)cc1CO. The van der Waals surface area contributed by atoms with Crippen LogP contribution in [-0.2, 0) is 16.1 Å². The van der Waals surface area contributed by atoms with Crippen molar-refractivity contribution in [2.75, 3.05) is 6.61 Å². The van der Waals surface area contributed by atoms with Crippen molar-refractivity contribution in [1.29, 1.82) is 0 Å². The third-order valence-electron chi connectivity index (χ3n) is 2.60. The van der Waals surface area contributed by atoms with Crippen LogP contribution in [0.25, 0.3) is 6.08 Å². The largest absolute Gasteiger partial charge is 0.486 e. The van der Waals surface area contributed by atoms with Crippen LogP contribution >= 0.6 is 0 Å². The van der Waals surface area contributed by atoms with Crippen LogP contribution in [0.2, 0.25) is 0 Å². The fraction of sp³-hybridized carbons (Fsp3) is 0.312. The second-order valence-corrected chi connectivity index (χ2v) is 4.17. The quantitative estimate of drug-likeness (QED) is 0.472. The molecule has 0 spiro atoms. The molecule has 1 aromatic carbocycles. The van der Waals surface area contributed by atoms with Crippen molar-refractivity contribution in [3.8, 4) is 5.75 Å². The summed E-state index contributed by atoms with van der Waals surface area (Å²) in [6.07, 6.45) is 4.53. The Kier molecular flexibility index (Phi) is 6.53. The van der Waals surface area contributed by atoms with Gasteiger partial charge in [0, 0.05) is 11.6 Å². The molecule has 0 saturated carbocycles. The van der Waals surface area contributed by atoms with E-state index in [0.717, 1.165) is 5.56 Å². The summed E-state index contributed by atoms with van der Waals surface area (Å²) in [5.74, 6) is 0.215. The summed E-state index contributed by atoms with van der Waals surface area (Å²) in [6, 6.07) is 5.33. The van der Waals surface area contributed by atoms with E-state index in [0.29, 0.717) is 17.9 Å². The van der Waals surface area contributed by atoms with Gasteiger partial charge in [0.05, 0.1) is 13.2 Å².